The van der Waals surface area contributed by atoms with E-state index < -0.39 is 0 Å². The van der Waals surface area contributed by atoms with Crippen molar-refractivity contribution in [2.24, 2.45) is 0 Å². The highest BCUT2D eigenvalue weighted by atomic mass is 16.5. The smallest absolute Gasteiger partial charge is 0.323 e. The molecular weight excluding hydrogens is 268 g/mol. The fourth-order valence-corrected chi connectivity index (χ4v) is 2.86. The molecule has 1 aliphatic rings. The lowest BCUT2D eigenvalue weighted by atomic mass is 10.0. The van der Waals surface area contributed by atoms with Crippen LogP contribution in [0.1, 0.15) is 58.8 Å². The zero-order valence-electron chi connectivity index (χ0n) is 13.7. The van der Waals surface area contributed by atoms with Crippen LogP contribution in [0.4, 0.5) is 0 Å². The summed E-state index contributed by atoms with van der Waals surface area (Å²) >= 11 is 0. The van der Waals surface area contributed by atoms with E-state index in [9.17, 15) is 9.59 Å². The van der Waals surface area contributed by atoms with E-state index in [0.29, 0.717) is 0 Å². The van der Waals surface area contributed by atoms with Gasteiger partial charge in [0.2, 0.25) is 5.91 Å². The Hall–Kier alpha value is -1.10. The third-order valence-corrected chi connectivity index (χ3v) is 4.08. The van der Waals surface area contributed by atoms with Gasteiger partial charge in [-0.05, 0) is 32.7 Å². The molecule has 1 amide bonds. The van der Waals surface area contributed by atoms with Crippen molar-refractivity contribution in [1.82, 2.24) is 10.2 Å². The van der Waals surface area contributed by atoms with Crippen LogP contribution in [0, 0.1) is 0 Å². The number of piperidine rings is 1. The van der Waals surface area contributed by atoms with E-state index in [0.717, 1.165) is 38.6 Å². The lowest BCUT2D eigenvalue weighted by Gasteiger charge is -2.33. The highest BCUT2D eigenvalue weighted by Crippen LogP contribution is 2.17. The van der Waals surface area contributed by atoms with Crippen molar-refractivity contribution in [2.75, 3.05) is 20.2 Å². The Morgan fingerprint density at radius 3 is 2.76 bits per heavy atom. The van der Waals surface area contributed by atoms with Crippen molar-refractivity contribution >= 4 is 11.9 Å². The monoisotopic (exact) mass is 298 g/mol. The van der Waals surface area contributed by atoms with Crippen molar-refractivity contribution in [1.29, 1.82) is 0 Å². The van der Waals surface area contributed by atoms with Crippen LogP contribution >= 0.6 is 0 Å². The summed E-state index contributed by atoms with van der Waals surface area (Å²) in [5.41, 5.74) is 0. The Morgan fingerprint density at radius 1 is 1.33 bits per heavy atom. The van der Waals surface area contributed by atoms with E-state index in [-0.39, 0.29) is 30.5 Å². The van der Waals surface area contributed by atoms with Gasteiger partial charge < -0.3 is 10.1 Å². The summed E-state index contributed by atoms with van der Waals surface area (Å²) in [4.78, 5) is 25.8. The number of nitrogens with one attached hydrogen (secondary N) is 1. The Bertz CT molecular complexity index is 333. The average molecular weight is 298 g/mol. The lowest BCUT2D eigenvalue weighted by Crippen LogP contribution is -2.50. The van der Waals surface area contributed by atoms with Gasteiger partial charge in [-0.25, -0.2) is 0 Å². The molecule has 1 rings (SSSR count). The van der Waals surface area contributed by atoms with E-state index in [1.807, 2.05) is 11.8 Å². The zero-order valence-corrected chi connectivity index (χ0v) is 13.7. The fourth-order valence-electron chi connectivity index (χ4n) is 2.86. The molecule has 0 aromatic rings. The van der Waals surface area contributed by atoms with Crippen LogP contribution in [0.5, 0.6) is 0 Å². The minimum Gasteiger partial charge on any atom is -0.468 e. The molecule has 5 nitrogen and oxygen atoms in total. The molecule has 5 heteroatoms. The van der Waals surface area contributed by atoms with Gasteiger partial charge in [-0.1, -0.05) is 32.6 Å². The van der Waals surface area contributed by atoms with Gasteiger partial charge in [0.1, 0.15) is 6.04 Å². The van der Waals surface area contributed by atoms with Crippen LogP contribution in [0.15, 0.2) is 0 Å². The van der Waals surface area contributed by atoms with Crippen LogP contribution in [-0.2, 0) is 14.3 Å². The van der Waals surface area contributed by atoms with Gasteiger partial charge in [0.05, 0.1) is 13.7 Å². The summed E-state index contributed by atoms with van der Waals surface area (Å²) in [7, 11) is 1.41. The summed E-state index contributed by atoms with van der Waals surface area (Å²) in [5, 5.41) is 3.03. The van der Waals surface area contributed by atoms with Crippen LogP contribution in [0.2, 0.25) is 0 Å². The molecule has 0 aliphatic carbocycles. The third-order valence-electron chi connectivity index (χ3n) is 4.08. The van der Waals surface area contributed by atoms with E-state index in [1.165, 1.54) is 20.0 Å². The molecule has 0 saturated carbocycles. The van der Waals surface area contributed by atoms with E-state index >= 15 is 0 Å². The number of rotatable bonds is 8. The van der Waals surface area contributed by atoms with Crippen LogP contribution in [0.3, 0.4) is 0 Å². The number of nitrogens with zero attached hydrogens (tertiary/aromatic N) is 1. The molecule has 2 atom stereocenters. The molecule has 2 unspecified atom stereocenters. The number of esters is 1. The number of hydrogen-bond acceptors (Lipinski definition) is 4. The molecule has 1 fully saturated rings. The Kier molecular flexibility index (Phi) is 8.35. The molecule has 0 aromatic carbocycles. The second kappa shape index (κ2) is 9.77. The first kappa shape index (κ1) is 18.0. The van der Waals surface area contributed by atoms with Crippen molar-refractivity contribution < 1.29 is 14.3 Å². The zero-order chi connectivity index (χ0) is 15.7. The predicted octanol–water partition coefficient (Wildman–Crippen LogP) is 2.10. The van der Waals surface area contributed by atoms with Gasteiger partial charge >= 0.3 is 5.97 Å². The number of hydrogen-bond donors (Lipinski definition) is 1. The number of unbranched alkanes of at least 4 members (excludes halogenated alkanes) is 2. The predicted molar refractivity (Wildman–Crippen MR) is 83.0 cm³/mol. The number of amides is 1. The first-order valence-corrected chi connectivity index (χ1v) is 8.19. The van der Waals surface area contributed by atoms with E-state index in [4.69, 9.17) is 4.74 Å². The van der Waals surface area contributed by atoms with Crippen molar-refractivity contribution in [2.45, 2.75) is 70.9 Å². The average Bonchev–Trinajstić information content (AvgIpc) is 2.47. The summed E-state index contributed by atoms with van der Waals surface area (Å²) in [6.45, 7) is 5.30. The second-order valence-corrected chi connectivity index (χ2v) is 5.97. The highest BCUT2D eigenvalue weighted by Gasteiger charge is 2.30. The first-order valence-electron chi connectivity index (χ1n) is 8.19. The molecule has 1 aliphatic heterocycles. The van der Waals surface area contributed by atoms with Gasteiger partial charge in [-0.2, -0.15) is 0 Å². The number of ether oxygens (including phenoxy) is 1. The minimum absolute atomic E-state index is 0.00908. The molecule has 1 heterocycles. The molecule has 0 radical (unpaired) electrons. The SMILES string of the molecule is CCCCCC(C)NC(=O)CN1CCCCC1C(=O)OC. The second-order valence-electron chi connectivity index (χ2n) is 5.97. The van der Waals surface area contributed by atoms with Crippen LogP contribution in [-0.4, -0.2) is 49.1 Å². The molecule has 0 bridgehead atoms. The standard InChI is InChI=1S/C16H30N2O3/c1-4-5-6-9-13(2)17-15(19)12-18-11-8-7-10-14(18)16(20)21-3/h13-14H,4-12H2,1-3H3,(H,17,19). The highest BCUT2D eigenvalue weighted by molar-refractivity contribution is 5.80. The molecule has 0 aromatic heterocycles. The maximum Gasteiger partial charge on any atom is 0.323 e. The molecular formula is C16H30N2O3. The summed E-state index contributed by atoms with van der Waals surface area (Å²) < 4.78 is 4.84. The number of likely N-dealkylation sites (tertiary alicyclic amines) is 1. The van der Waals surface area contributed by atoms with Crippen molar-refractivity contribution in [3.8, 4) is 0 Å². The van der Waals surface area contributed by atoms with Gasteiger partial charge in [-0.15, -0.1) is 0 Å². The van der Waals surface area contributed by atoms with Crippen LogP contribution in [0.25, 0.3) is 0 Å². The maximum absolute atomic E-state index is 12.1. The topological polar surface area (TPSA) is 58.6 Å². The maximum atomic E-state index is 12.1. The van der Waals surface area contributed by atoms with Gasteiger partial charge in [0.15, 0.2) is 0 Å². The molecule has 1 N–H and O–H groups in total. The quantitative estimate of drug-likeness (QED) is 0.551. The fraction of sp³-hybridized carbons (Fsp3) is 0.875. The Morgan fingerprint density at radius 2 is 2.10 bits per heavy atom. The van der Waals surface area contributed by atoms with Gasteiger partial charge in [0.25, 0.3) is 0 Å². The van der Waals surface area contributed by atoms with E-state index in [1.54, 1.807) is 0 Å². The molecule has 21 heavy (non-hydrogen) atoms. The number of carbonyl (C=O) groups excluding carboxylic acids is 2. The first-order chi connectivity index (χ1) is 10.1. The van der Waals surface area contributed by atoms with E-state index in [2.05, 4.69) is 12.2 Å². The summed E-state index contributed by atoms with van der Waals surface area (Å²) in [6, 6.07) is -0.0599. The van der Waals surface area contributed by atoms with Gasteiger partial charge in [-0.3, -0.25) is 14.5 Å². The Labute approximate surface area is 128 Å². The van der Waals surface area contributed by atoms with Gasteiger partial charge in [0, 0.05) is 6.04 Å². The third kappa shape index (κ3) is 6.46. The van der Waals surface area contributed by atoms with Crippen LogP contribution < -0.4 is 5.32 Å². The normalized spacial score (nSPS) is 20.8. The molecule has 0 spiro atoms. The number of methoxy groups -OCH3 is 1. The lowest BCUT2D eigenvalue weighted by molar-refractivity contribution is -0.148. The number of carbonyl (C=O) groups is 2. The van der Waals surface area contributed by atoms with Crippen molar-refractivity contribution in [3.63, 3.8) is 0 Å². The Balaban J connectivity index is 2.38. The summed E-state index contributed by atoms with van der Waals surface area (Å²) in [5.74, 6) is -0.215. The summed E-state index contributed by atoms with van der Waals surface area (Å²) in [6.07, 6.45) is 7.39. The molecule has 122 valence electrons. The minimum atomic E-state index is -0.259. The van der Waals surface area contributed by atoms with Crippen molar-refractivity contribution in [3.05, 3.63) is 0 Å². The molecule has 1 saturated heterocycles. The largest absolute Gasteiger partial charge is 0.468 e.